The SMILES string of the molecule is CCC(O)CNc1ncc(N)cc1C#N. The van der Waals surface area contributed by atoms with Crippen molar-refractivity contribution in [3.63, 3.8) is 0 Å². The fourth-order valence-corrected chi connectivity index (χ4v) is 1.07. The molecule has 0 spiro atoms. The van der Waals surface area contributed by atoms with Crippen LogP contribution in [0, 0.1) is 11.3 Å². The molecule has 1 atom stereocenters. The van der Waals surface area contributed by atoms with E-state index in [1.807, 2.05) is 13.0 Å². The van der Waals surface area contributed by atoms with Gasteiger partial charge in [0.2, 0.25) is 0 Å². The number of aromatic nitrogens is 1. The number of aliphatic hydroxyl groups excluding tert-OH is 1. The van der Waals surface area contributed by atoms with Crippen molar-refractivity contribution in [1.29, 1.82) is 5.26 Å². The average Bonchev–Trinajstić information content (AvgIpc) is 2.26. The summed E-state index contributed by atoms with van der Waals surface area (Å²) in [6, 6.07) is 3.54. The third-order valence-electron chi connectivity index (χ3n) is 2.01. The van der Waals surface area contributed by atoms with Gasteiger partial charge in [0.15, 0.2) is 0 Å². The quantitative estimate of drug-likeness (QED) is 0.674. The second-order valence-electron chi connectivity index (χ2n) is 3.22. The third kappa shape index (κ3) is 3.11. The molecule has 15 heavy (non-hydrogen) atoms. The van der Waals surface area contributed by atoms with Gasteiger partial charge in [0.25, 0.3) is 0 Å². The number of nitrogens with two attached hydrogens (primary N) is 1. The molecule has 1 aromatic heterocycles. The zero-order valence-electron chi connectivity index (χ0n) is 8.57. The van der Waals surface area contributed by atoms with E-state index in [1.165, 1.54) is 6.20 Å². The Morgan fingerprint density at radius 1 is 1.73 bits per heavy atom. The van der Waals surface area contributed by atoms with Crippen molar-refractivity contribution >= 4 is 11.5 Å². The zero-order chi connectivity index (χ0) is 11.3. The molecule has 0 saturated heterocycles. The van der Waals surface area contributed by atoms with E-state index in [2.05, 4.69) is 10.3 Å². The van der Waals surface area contributed by atoms with Crippen molar-refractivity contribution in [2.75, 3.05) is 17.6 Å². The van der Waals surface area contributed by atoms with Crippen molar-refractivity contribution in [2.24, 2.45) is 0 Å². The molecule has 1 rings (SSSR count). The Bertz CT molecular complexity index is 372. The summed E-state index contributed by atoms with van der Waals surface area (Å²) in [4.78, 5) is 3.99. The van der Waals surface area contributed by atoms with E-state index in [9.17, 15) is 5.11 Å². The highest BCUT2D eigenvalue weighted by atomic mass is 16.3. The van der Waals surface area contributed by atoms with Crippen LogP contribution in [0.25, 0.3) is 0 Å². The minimum atomic E-state index is -0.434. The maximum absolute atomic E-state index is 9.34. The van der Waals surface area contributed by atoms with Gasteiger partial charge < -0.3 is 16.2 Å². The van der Waals surface area contributed by atoms with Crippen LogP contribution in [0.2, 0.25) is 0 Å². The number of nitrogen functional groups attached to an aromatic ring is 1. The van der Waals surface area contributed by atoms with Crippen molar-refractivity contribution in [2.45, 2.75) is 19.4 Å². The van der Waals surface area contributed by atoms with Crippen LogP contribution in [0.15, 0.2) is 12.3 Å². The molecule has 0 bridgehead atoms. The number of anilines is 2. The Kier molecular flexibility index (Phi) is 3.89. The Balaban J connectivity index is 2.73. The van der Waals surface area contributed by atoms with Gasteiger partial charge in [0.05, 0.1) is 23.6 Å². The number of rotatable bonds is 4. The van der Waals surface area contributed by atoms with Crippen molar-refractivity contribution < 1.29 is 5.11 Å². The van der Waals surface area contributed by atoms with E-state index >= 15 is 0 Å². The largest absolute Gasteiger partial charge is 0.397 e. The van der Waals surface area contributed by atoms with Gasteiger partial charge in [-0.15, -0.1) is 0 Å². The van der Waals surface area contributed by atoms with Crippen LogP contribution in [0.4, 0.5) is 11.5 Å². The summed E-state index contributed by atoms with van der Waals surface area (Å²) in [6.45, 7) is 2.26. The summed E-state index contributed by atoms with van der Waals surface area (Å²) in [5.74, 6) is 0.458. The molecule has 1 heterocycles. The molecule has 1 aromatic rings. The minimum absolute atomic E-state index is 0.377. The van der Waals surface area contributed by atoms with Crippen LogP contribution in [0.1, 0.15) is 18.9 Å². The summed E-state index contributed by atoms with van der Waals surface area (Å²) in [5.41, 5.74) is 6.33. The first-order valence-corrected chi connectivity index (χ1v) is 4.75. The van der Waals surface area contributed by atoms with Gasteiger partial charge in [-0.2, -0.15) is 5.26 Å². The number of pyridine rings is 1. The molecule has 4 N–H and O–H groups in total. The monoisotopic (exact) mass is 206 g/mol. The maximum atomic E-state index is 9.34. The molecule has 0 saturated carbocycles. The first-order valence-electron chi connectivity index (χ1n) is 4.75. The van der Waals surface area contributed by atoms with Gasteiger partial charge in [0, 0.05) is 6.54 Å². The van der Waals surface area contributed by atoms with Crippen molar-refractivity contribution in [3.05, 3.63) is 17.8 Å². The number of nitrogens with zero attached hydrogens (tertiary/aromatic N) is 2. The van der Waals surface area contributed by atoms with Crippen LogP contribution in [0.3, 0.4) is 0 Å². The minimum Gasteiger partial charge on any atom is -0.397 e. The summed E-state index contributed by atoms with van der Waals surface area (Å²) in [6.07, 6.45) is 1.70. The zero-order valence-corrected chi connectivity index (χ0v) is 8.57. The van der Waals surface area contributed by atoms with E-state index < -0.39 is 6.10 Å². The lowest BCUT2D eigenvalue weighted by atomic mass is 10.2. The van der Waals surface area contributed by atoms with Gasteiger partial charge >= 0.3 is 0 Å². The number of hydrogen-bond donors (Lipinski definition) is 3. The molecular weight excluding hydrogens is 192 g/mol. The second kappa shape index (κ2) is 5.17. The van der Waals surface area contributed by atoms with Gasteiger partial charge in [-0.25, -0.2) is 4.98 Å². The highest BCUT2D eigenvalue weighted by Crippen LogP contribution is 2.14. The van der Waals surface area contributed by atoms with Gasteiger partial charge in [0.1, 0.15) is 11.9 Å². The lowest BCUT2D eigenvalue weighted by Gasteiger charge is -2.10. The van der Waals surface area contributed by atoms with E-state index in [0.717, 1.165) is 0 Å². The van der Waals surface area contributed by atoms with Gasteiger partial charge in [-0.05, 0) is 12.5 Å². The molecule has 0 aliphatic heterocycles. The first kappa shape index (κ1) is 11.3. The number of aliphatic hydroxyl groups is 1. The van der Waals surface area contributed by atoms with Crippen LogP contribution in [0.5, 0.6) is 0 Å². The maximum Gasteiger partial charge on any atom is 0.144 e. The molecule has 5 nitrogen and oxygen atoms in total. The predicted octanol–water partition coefficient (Wildman–Crippen LogP) is 0.718. The predicted molar refractivity (Wildman–Crippen MR) is 58.2 cm³/mol. The standard InChI is InChI=1S/C10H14N4O/c1-2-9(15)6-14-10-7(4-11)3-8(12)5-13-10/h3,5,9,15H,2,6,12H2,1H3,(H,13,14). The second-order valence-corrected chi connectivity index (χ2v) is 3.22. The summed E-state index contributed by atoms with van der Waals surface area (Å²) in [5, 5.41) is 21.1. The molecular formula is C10H14N4O. The highest BCUT2D eigenvalue weighted by molar-refractivity contribution is 5.57. The van der Waals surface area contributed by atoms with E-state index in [0.29, 0.717) is 30.0 Å². The molecule has 0 fully saturated rings. The Morgan fingerprint density at radius 2 is 2.47 bits per heavy atom. The van der Waals surface area contributed by atoms with Gasteiger partial charge in [-0.3, -0.25) is 0 Å². The normalized spacial score (nSPS) is 11.8. The lowest BCUT2D eigenvalue weighted by molar-refractivity contribution is 0.183. The van der Waals surface area contributed by atoms with E-state index in [4.69, 9.17) is 11.0 Å². The molecule has 0 amide bonds. The number of nitriles is 1. The molecule has 0 aliphatic rings. The molecule has 80 valence electrons. The Morgan fingerprint density at radius 3 is 3.07 bits per heavy atom. The summed E-state index contributed by atoms with van der Waals surface area (Å²) < 4.78 is 0. The fourth-order valence-electron chi connectivity index (χ4n) is 1.07. The summed E-state index contributed by atoms with van der Waals surface area (Å²) >= 11 is 0. The van der Waals surface area contributed by atoms with E-state index in [-0.39, 0.29) is 0 Å². The molecule has 0 aromatic carbocycles. The molecule has 1 unspecified atom stereocenters. The molecule has 0 aliphatic carbocycles. The lowest BCUT2D eigenvalue weighted by Crippen LogP contribution is -2.19. The summed E-state index contributed by atoms with van der Waals surface area (Å²) in [7, 11) is 0. The smallest absolute Gasteiger partial charge is 0.144 e. The molecule has 0 radical (unpaired) electrons. The Hall–Kier alpha value is -1.80. The van der Waals surface area contributed by atoms with Gasteiger partial charge in [-0.1, -0.05) is 6.92 Å². The third-order valence-corrected chi connectivity index (χ3v) is 2.01. The van der Waals surface area contributed by atoms with Crippen LogP contribution < -0.4 is 11.1 Å². The average molecular weight is 206 g/mol. The number of hydrogen-bond acceptors (Lipinski definition) is 5. The van der Waals surface area contributed by atoms with E-state index in [1.54, 1.807) is 6.07 Å². The number of nitrogens with one attached hydrogen (secondary N) is 1. The van der Waals surface area contributed by atoms with Crippen LogP contribution >= 0.6 is 0 Å². The van der Waals surface area contributed by atoms with Crippen LogP contribution in [-0.2, 0) is 0 Å². The van der Waals surface area contributed by atoms with Crippen molar-refractivity contribution in [1.82, 2.24) is 4.98 Å². The fraction of sp³-hybridized carbons (Fsp3) is 0.400. The molecule has 5 heteroatoms. The highest BCUT2D eigenvalue weighted by Gasteiger charge is 2.06. The van der Waals surface area contributed by atoms with Crippen molar-refractivity contribution in [3.8, 4) is 6.07 Å². The topological polar surface area (TPSA) is 95.0 Å². The Labute approximate surface area is 88.6 Å². The van der Waals surface area contributed by atoms with Crippen LogP contribution in [-0.4, -0.2) is 22.7 Å². The first-order chi connectivity index (χ1) is 7.17.